The lowest BCUT2D eigenvalue weighted by Crippen LogP contribution is -2.41. The van der Waals surface area contributed by atoms with E-state index in [1.807, 2.05) is 34.7 Å². The number of rotatable bonds is 4. The van der Waals surface area contributed by atoms with Gasteiger partial charge in [-0.05, 0) is 77.1 Å². The monoisotopic (exact) mass is 409 g/mol. The molecule has 0 aromatic carbocycles. The zero-order valence-corrected chi connectivity index (χ0v) is 18.3. The first-order valence-corrected chi connectivity index (χ1v) is 10.9. The molecule has 1 aliphatic carbocycles. The summed E-state index contributed by atoms with van der Waals surface area (Å²) in [5, 5.41) is 7.58. The van der Waals surface area contributed by atoms with Gasteiger partial charge < -0.3 is 10.2 Å². The minimum atomic E-state index is -0.147. The van der Waals surface area contributed by atoms with Gasteiger partial charge in [0, 0.05) is 36.8 Å². The molecule has 0 radical (unpaired) electrons. The Morgan fingerprint density at radius 2 is 1.80 bits per heavy atom. The highest BCUT2D eigenvalue weighted by atomic mass is 16.2. The van der Waals surface area contributed by atoms with Crippen LogP contribution in [-0.2, 0) is 10.3 Å². The SMILES string of the molecule is Cc1ccnc(NC(=O)C2CCN(C(=O)c3cc(C4CC4)n(C(C)(C)C)n3)CC2)c1. The summed E-state index contributed by atoms with van der Waals surface area (Å²) in [7, 11) is 0. The van der Waals surface area contributed by atoms with Crippen molar-refractivity contribution in [3.8, 4) is 0 Å². The van der Waals surface area contributed by atoms with Gasteiger partial charge in [-0.2, -0.15) is 5.10 Å². The average molecular weight is 410 g/mol. The van der Waals surface area contributed by atoms with Crippen molar-refractivity contribution < 1.29 is 9.59 Å². The number of anilines is 1. The molecule has 0 bridgehead atoms. The Morgan fingerprint density at radius 3 is 2.40 bits per heavy atom. The Balaban J connectivity index is 1.38. The highest BCUT2D eigenvalue weighted by Gasteiger charge is 2.34. The topological polar surface area (TPSA) is 80.1 Å². The summed E-state index contributed by atoms with van der Waals surface area (Å²) >= 11 is 0. The van der Waals surface area contributed by atoms with E-state index in [-0.39, 0.29) is 23.3 Å². The fourth-order valence-corrected chi connectivity index (χ4v) is 4.05. The fraction of sp³-hybridized carbons (Fsp3) is 0.565. The number of amides is 2. The second kappa shape index (κ2) is 7.85. The number of likely N-dealkylation sites (tertiary alicyclic amines) is 1. The van der Waals surface area contributed by atoms with Crippen molar-refractivity contribution >= 4 is 17.6 Å². The van der Waals surface area contributed by atoms with E-state index in [1.54, 1.807) is 6.20 Å². The number of hydrogen-bond acceptors (Lipinski definition) is 4. The molecular weight excluding hydrogens is 378 g/mol. The highest BCUT2D eigenvalue weighted by molar-refractivity contribution is 5.94. The van der Waals surface area contributed by atoms with E-state index in [9.17, 15) is 9.59 Å². The van der Waals surface area contributed by atoms with Crippen LogP contribution in [0.25, 0.3) is 0 Å². The molecule has 2 amide bonds. The Labute approximate surface area is 177 Å². The van der Waals surface area contributed by atoms with Gasteiger partial charge in [0.25, 0.3) is 5.91 Å². The molecule has 1 saturated carbocycles. The van der Waals surface area contributed by atoms with Crippen molar-refractivity contribution in [1.29, 1.82) is 0 Å². The largest absolute Gasteiger partial charge is 0.337 e. The molecule has 7 nitrogen and oxygen atoms in total. The molecule has 30 heavy (non-hydrogen) atoms. The fourth-order valence-electron chi connectivity index (χ4n) is 4.05. The van der Waals surface area contributed by atoms with Crippen LogP contribution in [0.1, 0.15) is 74.1 Å². The smallest absolute Gasteiger partial charge is 0.274 e. The Bertz CT molecular complexity index is 947. The quantitative estimate of drug-likeness (QED) is 0.835. The first-order chi connectivity index (χ1) is 14.2. The van der Waals surface area contributed by atoms with E-state index in [2.05, 4.69) is 36.2 Å². The number of carbonyl (C=O) groups is 2. The molecule has 2 aliphatic rings. The highest BCUT2D eigenvalue weighted by Crippen LogP contribution is 2.42. The molecule has 7 heteroatoms. The number of carbonyl (C=O) groups excluding carboxylic acids is 2. The van der Waals surface area contributed by atoms with Crippen LogP contribution in [0.15, 0.2) is 24.4 Å². The lowest BCUT2D eigenvalue weighted by atomic mass is 9.95. The van der Waals surface area contributed by atoms with Crippen LogP contribution >= 0.6 is 0 Å². The van der Waals surface area contributed by atoms with Crippen molar-refractivity contribution in [2.45, 2.75) is 64.8 Å². The summed E-state index contributed by atoms with van der Waals surface area (Å²) < 4.78 is 2.02. The summed E-state index contributed by atoms with van der Waals surface area (Å²) in [4.78, 5) is 31.7. The van der Waals surface area contributed by atoms with Gasteiger partial charge in [-0.1, -0.05) is 0 Å². The number of aryl methyl sites for hydroxylation is 1. The zero-order chi connectivity index (χ0) is 21.5. The third-order valence-corrected chi connectivity index (χ3v) is 5.91. The molecule has 1 N–H and O–H groups in total. The van der Waals surface area contributed by atoms with Crippen molar-refractivity contribution in [2.75, 3.05) is 18.4 Å². The minimum Gasteiger partial charge on any atom is -0.337 e. The molecule has 2 aromatic heterocycles. The summed E-state index contributed by atoms with van der Waals surface area (Å²) in [6, 6.07) is 5.74. The number of nitrogens with zero attached hydrogens (tertiary/aromatic N) is 4. The molecular formula is C23H31N5O2. The predicted molar refractivity (Wildman–Crippen MR) is 115 cm³/mol. The predicted octanol–water partition coefficient (Wildman–Crippen LogP) is 3.71. The van der Waals surface area contributed by atoms with Gasteiger partial charge in [-0.15, -0.1) is 0 Å². The molecule has 3 heterocycles. The van der Waals surface area contributed by atoms with Crippen molar-refractivity contribution in [3.63, 3.8) is 0 Å². The van der Waals surface area contributed by atoms with E-state index < -0.39 is 0 Å². The zero-order valence-electron chi connectivity index (χ0n) is 18.3. The number of nitrogens with one attached hydrogen (secondary N) is 1. The molecule has 2 fully saturated rings. The minimum absolute atomic E-state index is 0.0202. The standard InChI is InChI=1S/C23H31N5O2/c1-15-7-10-24-20(13-15)25-21(29)17-8-11-27(12-9-17)22(30)18-14-19(16-5-6-16)28(26-18)23(2,3)4/h7,10,13-14,16-17H,5-6,8-9,11-12H2,1-4H3,(H,24,25,29). The number of hydrogen-bond donors (Lipinski definition) is 1. The Hall–Kier alpha value is -2.70. The number of aromatic nitrogens is 3. The molecule has 0 unspecified atom stereocenters. The van der Waals surface area contributed by atoms with Crippen LogP contribution in [0.4, 0.5) is 5.82 Å². The first kappa shape index (κ1) is 20.6. The van der Waals surface area contributed by atoms with Gasteiger partial charge in [0.05, 0.1) is 5.54 Å². The second-order valence-corrected chi connectivity index (χ2v) is 9.59. The van der Waals surface area contributed by atoms with Gasteiger partial charge in [-0.25, -0.2) is 4.98 Å². The Kier molecular flexibility index (Phi) is 5.38. The van der Waals surface area contributed by atoms with Crippen LogP contribution < -0.4 is 5.32 Å². The third kappa shape index (κ3) is 4.40. The van der Waals surface area contributed by atoms with Gasteiger partial charge in [0.1, 0.15) is 5.82 Å². The van der Waals surface area contributed by atoms with E-state index in [1.165, 1.54) is 18.5 Å². The molecule has 0 spiro atoms. The number of pyridine rings is 1. The molecule has 1 aliphatic heterocycles. The molecule has 2 aromatic rings. The van der Waals surface area contributed by atoms with Gasteiger partial charge in [0.2, 0.25) is 5.91 Å². The van der Waals surface area contributed by atoms with Crippen LogP contribution in [0.2, 0.25) is 0 Å². The van der Waals surface area contributed by atoms with E-state index in [0.717, 1.165) is 5.56 Å². The lowest BCUT2D eigenvalue weighted by molar-refractivity contribution is -0.121. The van der Waals surface area contributed by atoms with Crippen LogP contribution in [0.3, 0.4) is 0 Å². The summed E-state index contributed by atoms with van der Waals surface area (Å²) in [5.41, 5.74) is 2.61. The van der Waals surface area contributed by atoms with E-state index >= 15 is 0 Å². The van der Waals surface area contributed by atoms with E-state index in [0.29, 0.717) is 43.4 Å². The molecule has 1 saturated heterocycles. The second-order valence-electron chi connectivity index (χ2n) is 9.59. The Morgan fingerprint density at radius 1 is 1.10 bits per heavy atom. The maximum absolute atomic E-state index is 13.1. The summed E-state index contributed by atoms with van der Waals surface area (Å²) in [6.45, 7) is 9.46. The molecule has 160 valence electrons. The van der Waals surface area contributed by atoms with Crippen LogP contribution in [0.5, 0.6) is 0 Å². The first-order valence-electron chi connectivity index (χ1n) is 10.9. The summed E-state index contributed by atoms with van der Waals surface area (Å²) in [6.07, 6.45) is 5.34. The van der Waals surface area contributed by atoms with Gasteiger partial charge in [0.15, 0.2) is 5.69 Å². The van der Waals surface area contributed by atoms with Gasteiger partial charge >= 0.3 is 0 Å². The number of piperidine rings is 1. The average Bonchev–Trinajstić information content (AvgIpc) is 3.44. The third-order valence-electron chi connectivity index (χ3n) is 5.91. The van der Waals surface area contributed by atoms with Crippen LogP contribution in [-0.4, -0.2) is 44.6 Å². The normalized spacial score (nSPS) is 17.8. The molecule has 4 rings (SSSR count). The van der Waals surface area contributed by atoms with Gasteiger partial charge in [-0.3, -0.25) is 14.3 Å². The lowest BCUT2D eigenvalue weighted by Gasteiger charge is -2.30. The van der Waals surface area contributed by atoms with Crippen molar-refractivity contribution in [1.82, 2.24) is 19.7 Å². The van der Waals surface area contributed by atoms with Crippen molar-refractivity contribution in [2.24, 2.45) is 5.92 Å². The van der Waals surface area contributed by atoms with Crippen LogP contribution in [0, 0.1) is 12.8 Å². The van der Waals surface area contributed by atoms with Crippen molar-refractivity contribution in [3.05, 3.63) is 41.3 Å². The maximum Gasteiger partial charge on any atom is 0.274 e. The molecule has 0 atom stereocenters. The summed E-state index contributed by atoms with van der Waals surface area (Å²) in [5.74, 6) is 0.958. The maximum atomic E-state index is 13.1. The van der Waals surface area contributed by atoms with E-state index in [4.69, 9.17) is 0 Å².